The molecule has 0 fully saturated rings. The van der Waals surface area contributed by atoms with Gasteiger partial charge in [0.2, 0.25) is 0 Å². The summed E-state index contributed by atoms with van der Waals surface area (Å²) in [7, 11) is 0. The summed E-state index contributed by atoms with van der Waals surface area (Å²) in [4.78, 5) is 11.1. The molecule has 2 nitrogen and oxygen atoms in total. The van der Waals surface area contributed by atoms with Crippen molar-refractivity contribution in [1.29, 1.82) is 0 Å². The topological polar surface area (TPSA) is 29.1 Å². The molecule has 0 aliphatic carbocycles. The summed E-state index contributed by atoms with van der Waals surface area (Å²) in [6.45, 7) is 1.87. The van der Waals surface area contributed by atoms with Gasteiger partial charge in [-0.15, -0.1) is 0 Å². The average molecular weight is 325 g/mol. The van der Waals surface area contributed by atoms with Crippen LogP contribution < -0.4 is 5.32 Å². The van der Waals surface area contributed by atoms with Gasteiger partial charge in [-0.1, -0.05) is 66.7 Å². The Morgan fingerprint density at radius 2 is 1.48 bits per heavy atom. The van der Waals surface area contributed by atoms with Gasteiger partial charge in [0, 0.05) is 11.1 Å². The Labute approximate surface area is 147 Å². The fourth-order valence-corrected chi connectivity index (χ4v) is 3.34. The lowest BCUT2D eigenvalue weighted by Gasteiger charge is -2.15. The highest BCUT2D eigenvalue weighted by Gasteiger charge is 2.10. The second-order valence-corrected chi connectivity index (χ2v) is 6.34. The molecule has 0 saturated carbocycles. The van der Waals surface area contributed by atoms with E-state index < -0.39 is 0 Å². The Balaban J connectivity index is 1.97. The Hall–Kier alpha value is -3.13. The zero-order chi connectivity index (χ0) is 17.2. The molecule has 1 N–H and O–H groups in total. The van der Waals surface area contributed by atoms with E-state index in [1.165, 1.54) is 16.3 Å². The monoisotopic (exact) mass is 325 g/mol. The van der Waals surface area contributed by atoms with Crippen molar-refractivity contribution in [3.8, 4) is 11.1 Å². The van der Waals surface area contributed by atoms with Gasteiger partial charge in [0.15, 0.2) is 0 Å². The smallest absolute Gasteiger partial charge is 0.141 e. The molecule has 0 aliphatic heterocycles. The van der Waals surface area contributed by atoms with Crippen LogP contribution in [0.2, 0.25) is 0 Å². The van der Waals surface area contributed by atoms with E-state index in [0.29, 0.717) is 0 Å². The number of hydrogen-bond acceptors (Lipinski definition) is 2. The van der Waals surface area contributed by atoms with E-state index in [0.717, 1.165) is 28.3 Å². The van der Waals surface area contributed by atoms with Gasteiger partial charge < -0.3 is 10.1 Å². The number of rotatable bonds is 4. The molecule has 0 saturated heterocycles. The molecule has 0 amide bonds. The summed E-state index contributed by atoms with van der Waals surface area (Å²) in [5.74, 6) is 0. The third-order valence-corrected chi connectivity index (χ3v) is 4.55. The van der Waals surface area contributed by atoms with Gasteiger partial charge in [-0.3, -0.25) is 0 Å². The predicted octanol–water partition coefficient (Wildman–Crippen LogP) is 5.66. The number of carbonyl (C=O) groups is 1. The van der Waals surface area contributed by atoms with Crippen LogP contribution in [0, 0.1) is 0 Å². The van der Waals surface area contributed by atoms with Gasteiger partial charge >= 0.3 is 0 Å². The molecule has 122 valence electrons. The number of nitrogens with one attached hydrogen (secondary N) is 1. The van der Waals surface area contributed by atoms with Gasteiger partial charge in [-0.2, -0.15) is 0 Å². The first-order valence-electron chi connectivity index (χ1n) is 8.49. The normalized spacial score (nSPS) is 12.2. The minimum atomic E-state index is -0.230. The van der Waals surface area contributed by atoms with Crippen molar-refractivity contribution in [1.82, 2.24) is 0 Å². The van der Waals surface area contributed by atoms with Crippen LogP contribution in [0.1, 0.15) is 6.92 Å². The van der Waals surface area contributed by atoms with Crippen molar-refractivity contribution in [2.24, 2.45) is 0 Å². The summed E-state index contributed by atoms with van der Waals surface area (Å²) in [6, 6.07) is 27.2. The Kier molecular flexibility index (Phi) is 3.95. The SMILES string of the molecule is C[C@@H](C=O)Nc1cc(-c2cccc3ccccc23)cc2ccccc12. The van der Waals surface area contributed by atoms with E-state index in [-0.39, 0.29) is 6.04 Å². The molecule has 0 bridgehead atoms. The molecule has 0 heterocycles. The van der Waals surface area contributed by atoms with Gasteiger partial charge in [-0.05, 0) is 46.3 Å². The fourth-order valence-electron chi connectivity index (χ4n) is 3.34. The molecule has 0 radical (unpaired) electrons. The number of fused-ring (bicyclic) bond motifs is 2. The number of aldehydes is 1. The van der Waals surface area contributed by atoms with Crippen molar-refractivity contribution in [2.45, 2.75) is 13.0 Å². The quantitative estimate of drug-likeness (QED) is 0.491. The van der Waals surface area contributed by atoms with Gasteiger partial charge in [0.25, 0.3) is 0 Å². The molecule has 25 heavy (non-hydrogen) atoms. The maximum absolute atomic E-state index is 11.1. The number of benzene rings is 4. The van der Waals surface area contributed by atoms with Crippen LogP contribution in [-0.2, 0) is 4.79 Å². The second kappa shape index (κ2) is 6.40. The number of anilines is 1. The first kappa shape index (κ1) is 15.4. The predicted molar refractivity (Wildman–Crippen MR) is 106 cm³/mol. The molecule has 4 rings (SSSR count). The van der Waals surface area contributed by atoms with Crippen molar-refractivity contribution < 1.29 is 4.79 Å². The zero-order valence-electron chi connectivity index (χ0n) is 14.1. The molecular weight excluding hydrogens is 306 g/mol. The van der Waals surface area contributed by atoms with Gasteiger partial charge in [0.05, 0.1) is 6.04 Å². The molecule has 4 aromatic carbocycles. The standard InChI is InChI=1S/C23H19NO/c1-16(15-25)24-23-14-19(13-18-8-3-5-11-22(18)23)21-12-6-9-17-7-2-4-10-20(17)21/h2-16,24H,1H3/t16-/m0/s1. The second-order valence-electron chi connectivity index (χ2n) is 6.34. The highest BCUT2D eigenvalue weighted by atomic mass is 16.1. The molecule has 0 unspecified atom stereocenters. The lowest BCUT2D eigenvalue weighted by molar-refractivity contribution is -0.108. The van der Waals surface area contributed by atoms with Crippen LogP contribution in [0.4, 0.5) is 5.69 Å². The summed E-state index contributed by atoms with van der Waals surface area (Å²) in [5, 5.41) is 8.07. The van der Waals surface area contributed by atoms with Crippen LogP contribution in [-0.4, -0.2) is 12.3 Å². The fraction of sp³-hybridized carbons (Fsp3) is 0.0870. The molecular formula is C23H19NO. The maximum Gasteiger partial charge on any atom is 0.141 e. The minimum Gasteiger partial charge on any atom is -0.375 e. The number of carbonyl (C=O) groups excluding carboxylic acids is 1. The van der Waals surface area contributed by atoms with Crippen molar-refractivity contribution in [3.63, 3.8) is 0 Å². The van der Waals surface area contributed by atoms with E-state index >= 15 is 0 Å². The summed E-state index contributed by atoms with van der Waals surface area (Å²) >= 11 is 0. The first-order chi connectivity index (χ1) is 12.3. The molecule has 4 aromatic rings. The van der Waals surface area contributed by atoms with Crippen molar-refractivity contribution >= 4 is 33.5 Å². The third kappa shape index (κ3) is 2.87. The highest BCUT2D eigenvalue weighted by Crippen LogP contribution is 2.34. The van der Waals surface area contributed by atoms with Crippen molar-refractivity contribution in [2.75, 3.05) is 5.32 Å². The van der Waals surface area contributed by atoms with Crippen molar-refractivity contribution in [3.05, 3.63) is 78.9 Å². The third-order valence-electron chi connectivity index (χ3n) is 4.55. The van der Waals surface area contributed by atoms with Crippen LogP contribution in [0.5, 0.6) is 0 Å². The lowest BCUT2D eigenvalue weighted by Crippen LogP contribution is -2.16. The minimum absolute atomic E-state index is 0.230. The van der Waals surface area contributed by atoms with Crippen LogP contribution in [0.15, 0.2) is 78.9 Å². The molecule has 1 atom stereocenters. The Morgan fingerprint density at radius 1 is 0.800 bits per heavy atom. The maximum atomic E-state index is 11.1. The summed E-state index contributed by atoms with van der Waals surface area (Å²) < 4.78 is 0. The first-order valence-corrected chi connectivity index (χ1v) is 8.49. The Morgan fingerprint density at radius 3 is 2.28 bits per heavy atom. The molecule has 0 aromatic heterocycles. The molecule has 2 heteroatoms. The largest absolute Gasteiger partial charge is 0.375 e. The van der Waals surface area contributed by atoms with Crippen LogP contribution in [0.3, 0.4) is 0 Å². The highest BCUT2D eigenvalue weighted by molar-refractivity contribution is 6.03. The summed E-state index contributed by atoms with van der Waals surface area (Å²) in [6.07, 6.45) is 0.930. The summed E-state index contributed by atoms with van der Waals surface area (Å²) in [5.41, 5.74) is 3.34. The zero-order valence-corrected chi connectivity index (χ0v) is 14.1. The van der Waals surface area contributed by atoms with E-state index in [4.69, 9.17) is 0 Å². The van der Waals surface area contributed by atoms with E-state index in [1.807, 2.05) is 19.1 Å². The van der Waals surface area contributed by atoms with E-state index in [1.54, 1.807) is 0 Å². The average Bonchev–Trinajstić information content (AvgIpc) is 2.67. The van der Waals surface area contributed by atoms with E-state index in [2.05, 4.69) is 72.0 Å². The van der Waals surface area contributed by atoms with Gasteiger partial charge in [0.1, 0.15) is 6.29 Å². The molecule has 0 aliphatic rings. The lowest BCUT2D eigenvalue weighted by atomic mass is 9.95. The van der Waals surface area contributed by atoms with E-state index in [9.17, 15) is 4.79 Å². The van der Waals surface area contributed by atoms with Crippen LogP contribution >= 0.6 is 0 Å². The molecule has 0 spiro atoms. The van der Waals surface area contributed by atoms with Crippen LogP contribution in [0.25, 0.3) is 32.7 Å². The van der Waals surface area contributed by atoms with Gasteiger partial charge in [-0.25, -0.2) is 0 Å². The Bertz CT molecular complexity index is 1060. The number of hydrogen-bond donors (Lipinski definition) is 1.